The Morgan fingerprint density at radius 1 is 1.12 bits per heavy atom. The number of carbonyl (C=O) groups excluding carboxylic acids is 2. The number of carbonyl (C=O) groups is 2. The van der Waals surface area contributed by atoms with Gasteiger partial charge in [0, 0.05) is 5.56 Å². The Bertz CT molecular complexity index is 664. The second kappa shape index (κ2) is 3.07. The summed E-state index contributed by atoms with van der Waals surface area (Å²) in [4.78, 5) is 24.2. The third-order valence-electron chi connectivity index (χ3n) is 2.82. The van der Waals surface area contributed by atoms with Crippen LogP contribution >= 0.6 is 0 Å². The maximum atomic E-state index is 12.1. The Kier molecular flexibility index (Phi) is 1.78. The van der Waals surface area contributed by atoms with Crippen LogP contribution < -0.4 is 0 Å². The van der Waals surface area contributed by atoms with Crippen molar-refractivity contribution in [3.63, 3.8) is 0 Å². The fraction of sp³-hybridized carbons (Fsp3) is 0.0769. The molecule has 84 valence electrons. The number of ketones is 2. The van der Waals surface area contributed by atoms with Gasteiger partial charge in [-0.3, -0.25) is 9.59 Å². The Morgan fingerprint density at radius 3 is 2.65 bits per heavy atom. The van der Waals surface area contributed by atoms with Crippen molar-refractivity contribution in [2.45, 2.75) is 6.92 Å². The van der Waals surface area contributed by atoms with Gasteiger partial charge < -0.3 is 9.52 Å². The molecule has 0 unspecified atom stereocenters. The second-order valence-corrected chi connectivity index (χ2v) is 3.96. The Labute approximate surface area is 96.5 Å². The molecule has 0 fully saturated rings. The predicted molar refractivity (Wildman–Crippen MR) is 58.4 cm³/mol. The molecule has 0 amide bonds. The van der Waals surface area contributed by atoms with Crippen LogP contribution in [0.5, 0.6) is 5.75 Å². The standard InChI is InChI=1S/C13H8O4/c1-6-5-8-11(15)10-7(3-2-4-9(10)14)12(16)13(8)17-6/h2-5,14H,1H3. The van der Waals surface area contributed by atoms with E-state index < -0.39 is 0 Å². The van der Waals surface area contributed by atoms with Crippen LogP contribution in [0.1, 0.15) is 37.8 Å². The Balaban J connectivity index is 2.36. The number of phenols is 1. The molecule has 2 aromatic rings. The molecule has 0 aliphatic heterocycles. The van der Waals surface area contributed by atoms with E-state index in [2.05, 4.69) is 0 Å². The van der Waals surface area contributed by atoms with Crippen molar-refractivity contribution in [3.8, 4) is 5.75 Å². The number of benzene rings is 1. The maximum Gasteiger partial charge on any atom is 0.229 e. The molecule has 1 aromatic heterocycles. The number of phenolic OH excluding ortho intramolecular Hbond substituents is 1. The van der Waals surface area contributed by atoms with Crippen LogP contribution in [-0.4, -0.2) is 16.7 Å². The molecular formula is C13H8O4. The van der Waals surface area contributed by atoms with Gasteiger partial charge in [-0.1, -0.05) is 6.07 Å². The Morgan fingerprint density at radius 2 is 1.88 bits per heavy atom. The molecule has 0 saturated carbocycles. The lowest BCUT2D eigenvalue weighted by atomic mass is 9.88. The summed E-state index contributed by atoms with van der Waals surface area (Å²) in [6.45, 7) is 1.67. The van der Waals surface area contributed by atoms with Gasteiger partial charge in [-0.25, -0.2) is 0 Å². The summed E-state index contributed by atoms with van der Waals surface area (Å²) in [5.41, 5.74) is 0.476. The molecule has 0 atom stereocenters. The average Bonchev–Trinajstić information content (AvgIpc) is 2.68. The molecule has 1 N–H and O–H groups in total. The monoisotopic (exact) mass is 228 g/mol. The molecule has 1 aliphatic rings. The molecule has 1 aliphatic carbocycles. The highest BCUT2D eigenvalue weighted by molar-refractivity contribution is 6.28. The molecule has 4 heteroatoms. The molecule has 0 radical (unpaired) electrons. The largest absolute Gasteiger partial charge is 0.507 e. The van der Waals surface area contributed by atoms with Gasteiger partial charge in [0.15, 0.2) is 5.76 Å². The topological polar surface area (TPSA) is 67.5 Å². The molecule has 4 nitrogen and oxygen atoms in total. The first-order valence-corrected chi connectivity index (χ1v) is 5.11. The smallest absolute Gasteiger partial charge is 0.229 e. The zero-order valence-corrected chi connectivity index (χ0v) is 8.98. The fourth-order valence-corrected chi connectivity index (χ4v) is 2.08. The number of furan rings is 1. The van der Waals surface area contributed by atoms with Crippen molar-refractivity contribution < 1.29 is 19.1 Å². The molecular weight excluding hydrogens is 220 g/mol. The number of hydrogen-bond acceptors (Lipinski definition) is 4. The van der Waals surface area contributed by atoms with Crippen LogP contribution in [-0.2, 0) is 0 Å². The van der Waals surface area contributed by atoms with E-state index in [1.54, 1.807) is 6.92 Å². The van der Waals surface area contributed by atoms with Crippen LogP contribution in [0.3, 0.4) is 0 Å². The molecule has 0 spiro atoms. The molecule has 17 heavy (non-hydrogen) atoms. The molecule has 1 heterocycles. The summed E-state index contributed by atoms with van der Waals surface area (Å²) in [6, 6.07) is 5.95. The van der Waals surface area contributed by atoms with E-state index in [-0.39, 0.29) is 39.8 Å². The van der Waals surface area contributed by atoms with Gasteiger partial charge in [-0.2, -0.15) is 0 Å². The summed E-state index contributed by atoms with van der Waals surface area (Å²) in [5.74, 6) is -0.344. The third kappa shape index (κ3) is 1.18. The first kappa shape index (κ1) is 9.84. The minimum Gasteiger partial charge on any atom is -0.507 e. The summed E-state index contributed by atoms with van der Waals surface area (Å²) in [6.07, 6.45) is 0. The second-order valence-electron chi connectivity index (χ2n) is 3.96. The Hall–Kier alpha value is -2.36. The lowest BCUT2D eigenvalue weighted by molar-refractivity contribution is 0.0957. The number of aryl methyl sites for hydroxylation is 1. The van der Waals surface area contributed by atoms with E-state index in [0.717, 1.165) is 0 Å². The van der Waals surface area contributed by atoms with Crippen molar-refractivity contribution in [1.82, 2.24) is 0 Å². The van der Waals surface area contributed by atoms with Crippen LogP contribution in [0.25, 0.3) is 0 Å². The van der Waals surface area contributed by atoms with Gasteiger partial charge in [0.1, 0.15) is 11.5 Å². The van der Waals surface area contributed by atoms with Gasteiger partial charge in [0.2, 0.25) is 11.6 Å². The van der Waals surface area contributed by atoms with E-state index in [1.165, 1.54) is 24.3 Å². The number of aromatic hydroxyl groups is 1. The van der Waals surface area contributed by atoms with Crippen LogP contribution in [0.15, 0.2) is 28.7 Å². The van der Waals surface area contributed by atoms with Gasteiger partial charge >= 0.3 is 0 Å². The van der Waals surface area contributed by atoms with Crippen molar-refractivity contribution in [2.24, 2.45) is 0 Å². The SMILES string of the molecule is Cc1cc2c(o1)C(=O)c1cccc(O)c1C2=O. The quantitative estimate of drug-likeness (QED) is 0.639. The lowest BCUT2D eigenvalue weighted by Gasteiger charge is -2.13. The van der Waals surface area contributed by atoms with Gasteiger partial charge in [-0.15, -0.1) is 0 Å². The normalized spacial score (nSPS) is 13.5. The van der Waals surface area contributed by atoms with Gasteiger partial charge in [0.25, 0.3) is 0 Å². The van der Waals surface area contributed by atoms with E-state index >= 15 is 0 Å². The third-order valence-corrected chi connectivity index (χ3v) is 2.82. The average molecular weight is 228 g/mol. The number of fused-ring (bicyclic) bond motifs is 2. The highest BCUT2D eigenvalue weighted by Crippen LogP contribution is 2.33. The molecule has 3 rings (SSSR count). The fourth-order valence-electron chi connectivity index (χ4n) is 2.08. The van der Waals surface area contributed by atoms with E-state index in [9.17, 15) is 14.7 Å². The molecule has 1 aromatic carbocycles. The van der Waals surface area contributed by atoms with Gasteiger partial charge in [-0.05, 0) is 25.1 Å². The first-order valence-electron chi connectivity index (χ1n) is 5.11. The van der Waals surface area contributed by atoms with Crippen molar-refractivity contribution in [1.29, 1.82) is 0 Å². The number of rotatable bonds is 0. The van der Waals surface area contributed by atoms with Crippen molar-refractivity contribution in [3.05, 3.63) is 52.5 Å². The van der Waals surface area contributed by atoms with E-state index in [4.69, 9.17) is 4.42 Å². The highest BCUT2D eigenvalue weighted by Gasteiger charge is 2.34. The van der Waals surface area contributed by atoms with Crippen molar-refractivity contribution in [2.75, 3.05) is 0 Å². The number of hydrogen-bond donors (Lipinski definition) is 1. The summed E-state index contributed by atoms with van der Waals surface area (Å²) in [5, 5.41) is 9.67. The zero-order valence-electron chi connectivity index (χ0n) is 8.98. The summed E-state index contributed by atoms with van der Waals surface area (Å²) in [7, 11) is 0. The molecule has 0 saturated heterocycles. The minimum absolute atomic E-state index is 0.0607. The van der Waals surface area contributed by atoms with Gasteiger partial charge in [0.05, 0.1) is 11.1 Å². The lowest BCUT2D eigenvalue weighted by Crippen LogP contribution is -2.19. The van der Waals surface area contributed by atoms with E-state index in [1.807, 2.05) is 0 Å². The minimum atomic E-state index is -0.371. The predicted octanol–water partition coefficient (Wildman–Crippen LogP) is 2.07. The van der Waals surface area contributed by atoms with Crippen LogP contribution in [0.2, 0.25) is 0 Å². The highest BCUT2D eigenvalue weighted by atomic mass is 16.3. The van der Waals surface area contributed by atoms with Crippen LogP contribution in [0, 0.1) is 6.92 Å². The molecule has 0 bridgehead atoms. The van der Waals surface area contributed by atoms with Crippen molar-refractivity contribution >= 4 is 11.6 Å². The first-order chi connectivity index (χ1) is 8.09. The maximum absolute atomic E-state index is 12.1. The zero-order chi connectivity index (χ0) is 12.2. The van der Waals surface area contributed by atoms with Crippen LogP contribution in [0.4, 0.5) is 0 Å². The summed E-state index contributed by atoms with van der Waals surface area (Å²) >= 11 is 0. The van der Waals surface area contributed by atoms with E-state index in [0.29, 0.717) is 5.76 Å². The summed E-state index contributed by atoms with van der Waals surface area (Å²) < 4.78 is 5.23.